The normalized spacial score (nSPS) is 24.1. The van der Waals surface area contributed by atoms with Crippen molar-refractivity contribution in [2.45, 2.75) is 51.4 Å². The van der Waals surface area contributed by atoms with Crippen LogP contribution in [0.15, 0.2) is 16.8 Å². The Kier molecular flexibility index (Phi) is 4.81. The summed E-state index contributed by atoms with van der Waals surface area (Å²) in [5.41, 5.74) is 0.762. The number of aromatic nitrogens is 3. The molecule has 1 fully saturated rings. The van der Waals surface area contributed by atoms with Gasteiger partial charge in [-0.05, 0) is 31.7 Å². The number of hydrogen-bond acceptors (Lipinski definition) is 6. The van der Waals surface area contributed by atoms with Gasteiger partial charge in [0.2, 0.25) is 0 Å². The fourth-order valence-corrected chi connectivity index (χ4v) is 4.66. The Morgan fingerprint density at radius 3 is 2.88 bits per heavy atom. The molecular formula is C18H25N5O2S. The average molecular weight is 375 g/mol. The van der Waals surface area contributed by atoms with Crippen LogP contribution in [0.1, 0.15) is 48.3 Å². The zero-order valence-corrected chi connectivity index (χ0v) is 16.0. The largest absolute Gasteiger partial charge is 0.392 e. The smallest absolute Gasteiger partial charge is 0.254 e. The first-order chi connectivity index (χ1) is 12.5. The molecule has 2 aromatic rings. The molecule has 26 heavy (non-hydrogen) atoms. The van der Waals surface area contributed by atoms with E-state index in [1.807, 2.05) is 21.7 Å². The maximum absolute atomic E-state index is 12.7. The number of fused-ring (bicyclic) bond motifs is 1. The van der Waals surface area contributed by atoms with Crippen molar-refractivity contribution < 1.29 is 9.90 Å². The van der Waals surface area contributed by atoms with Gasteiger partial charge in [0.25, 0.3) is 5.91 Å². The van der Waals surface area contributed by atoms with Crippen LogP contribution < -0.4 is 0 Å². The van der Waals surface area contributed by atoms with Gasteiger partial charge < -0.3 is 14.6 Å². The molecule has 2 atom stereocenters. The Hall–Kier alpha value is -1.77. The summed E-state index contributed by atoms with van der Waals surface area (Å²) in [6.45, 7) is 6.98. The number of likely N-dealkylation sites (tertiary alicyclic amines) is 1. The molecule has 0 aliphatic carbocycles. The first-order valence-corrected chi connectivity index (χ1v) is 10.2. The van der Waals surface area contributed by atoms with Crippen LogP contribution >= 0.6 is 11.3 Å². The molecular weight excluding hydrogens is 350 g/mol. The maximum atomic E-state index is 12.7. The van der Waals surface area contributed by atoms with Crippen LogP contribution in [-0.4, -0.2) is 67.4 Å². The van der Waals surface area contributed by atoms with Gasteiger partial charge in [-0.1, -0.05) is 0 Å². The van der Waals surface area contributed by atoms with E-state index in [0.717, 1.165) is 17.2 Å². The molecule has 0 saturated carbocycles. The second kappa shape index (κ2) is 7.09. The lowest BCUT2D eigenvalue weighted by Gasteiger charge is -2.27. The van der Waals surface area contributed by atoms with Crippen molar-refractivity contribution in [3.63, 3.8) is 0 Å². The van der Waals surface area contributed by atoms with Gasteiger partial charge in [-0.25, -0.2) is 0 Å². The lowest BCUT2D eigenvalue weighted by atomic mass is 10.1. The van der Waals surface area contributed by atoms with Crippen molar-refractivity contribution >= 4 is 17.2 Å². The second-order valence-electron chi connectivity index (χ2n) is 7.38. The van der Waals surface area contributed by atoms with E-state index in [2.05, 4.69) is 33.5 Å². The first kappa shape index (κ1) is 17.6. The van der Waals surface area contributed by atoms with Gasteiger partial charge in [0.05, 0.1) is 17.7 Å². The van der Waals surface area contributed by atoms with Gasteiger partial charge in [0.15, 0.2) is 5.82 Å². The van der Waals surface area contributed by atoms with Crippen LogP contribution in [-0.2, 0) is 13.0 Å². The number of carbonyl (C=O) groups is 1. The summed E-state index contributed by atoms with van der Waals surface area (Å²) in [5, 5.41) is 22.9. The van der Waals surface area contributed by atoms with Crippen molar-refractivity contribution in [2.75, 3.05) is 19.6 Å². The van der Waals surface area contributed by atoms with Crippen LogP contribution in [0, 0.1) is 0 Å². The summed E-state index contributed by atoms with van der Waals surface area (Å²) in [4.78, 5) is 16.9. The van der Waals surface area contributed by atoms with Gasteiger partial charge >= 0.3 is 0 Å². The highest BCUT2D eigenvalue weighted by molar-refractivity contribution is 7.08. The topological polar surface area (TPSA) is 74.5 Å². The molecule has 7 nitrogen and oxygen atoms in total. The Labute approximate surface area is 157 Å². The van der Waals surface area contributed by atoms with E-state index < -0.39 is 0 Å². The fourth-order valence-electron chi connectivity index (χ4n) is 4.03. The lowest BCUT2D eigenvalue weighted by molar-refractivity contribution is 0.0758. The highest BCUT2D eigenvalue weighted by Gasteiger charge is 2.37. The number of β-amino-alcohol motifs (C(OH)–C–C–N with tert-alkyl or cyclic N) is 1. The van der Waals surface area contributed by atoms with Crippen LogP contribution in [0.2, 0.25) is 0 Å². The highest BCUT2D eigenvalue weighted by Crippen LogP contribution is 2.33. The zero-order valence-electron chi connectivity index (χ0n) is 15.2. The molecule has 2 aromatic heterocycles. The molecule has 0 bridgehead atoms. The minimum Gasteiger partial charge on any atom is -0.392 e. The zero-order chi connectivity index (χ0) is 18.3. The highest BCUT2D eigenvalue weighted by atomic mass is 32.1. The van der Waals surface area contributed by atoms with Crippen molar-refractivity contribution in [1.82, 2.24) is 24.6 Å². The maximum Gasteiger partial charge on any atom is 0.254 e. The van der Waals surface area contributed by atoms with Crippen molar-refractivity contribution in [3.8, 4) is 0 Å². The number of amides is 1. The van der Waals surface area contributed by atoms with Crippen LogP contribution in [0.25, 0.3) is 0 Å². The predicted octanol–water partition coefficient (Wildman–Crippen LogP) is 1.55. The summed E-state index contributed by atoms with van der Waals surface area (Å²) < 4.78 is 2.17. The van der Waals surface area contributed by atoms with E-state index in [1.54, 1.807) is 11.3 Å². The Morgan fingerprint density at radius 2 is 2.15 bits per heavy atom. The molecule has 0 unspecified atom stereocenters. The molecule has 8 heteroatoms. The van der Waals surface area contributed by atoms with E-state index in [-0.39, 0.29) is 18.1 Å². The monoisotopic (exact) mass is 375 g/mol. The molecule has 2 aliphatic heterocycles. The number of aliphatic hydroxyl groups excluding tert-OH is 1. The third kappa shape index (κ3) is 3.17. The summed E-state index contributed by atoms with van der Waals surface area (Å²) in [5.74, 6) is 1.95. The Balaban J connectivity index is 1.54. The number of hydrogen-bond donors (Lipinski definition) is 1. The summed E-state index contributed by atoms with van der Waals surface area (Å²) >= 11 is 1.54. The van der Waals surface area contributed by atoms with E-state index in [9.17, 15) is 9.90 Å². The van der Waals surface area contributed by atoms with Crippen molar-refractivity contribution in [2.24, 2.45) is 0 Å². The number of carbonyl (C=O) groups excluding carboxylic acids is 1. The summed E-state index contributed by atoms with van der Waals surface area (Å²) in [6, 6.07) is 2.31. The van der Waals surface area contributed by atoms with Gasteiger partial charge in [-0.3, -0.25) is 9.69 Å². The number of rotatable bonds is 3. The molecule has 140 valence electrons. The summed E-state index contributed by atoms with van der Waals surface area (Å²) in [7, 11) is 0. The molecule has 1 N–H and O–H groups in total. The Bertz CT molecular complexity index is 773. The third-order valence-electron chi connectivity index (χ3n) is 5.39. The SMILES string of the molecule is CC(C)N1C[C@H](O)C[C@H]1c1nnc2n1CCN(C(=O)c1ccsc1)CC2. The number of nitrogens with zero attached hydrogens (tertiary/aromatic N) is 5. The molecule has 1 saturated heterocycles. The van der Waals surface area contributed by atoms with Crippen LogP contribution in [0.5, 0.6) is 0 Å². The molecule has 4 heterocycles. The van der Waals surface area contributed by atoms with Crippen LogP contribution in [0.4, 0.5) is 0 Å². The molecule has 0 spiro atoms. The minimum absolute atomic E-state index is 0.0883. The van der Waals surface area contributed by atoms with Crippen molar-refractivity contribution in [1.29, 1.82) is 0 Å². The van der Waals surface area contributed by atoms with E-state index in [4.69, 9.17) is 0 Å². The number of thiophene rings is 1. The molecule has 1 amide bonds. The molecule has 4 rings (SSSR count). The van der Waals surface area contributed by atoms with Crippen LogP contribution in [0.3, 0.4) is 0 Å². The van der Waals surface area contributed by atoms with Gasteiger partial charge in [0, 0.05) is 44.0 Å². The van der Waals surface area contributed by atoms with E-state index in [0.29, 0.717) is 45.1 Å². The lowest BCUT2D eigenvalue weighted by Crippen LogP contribution is -2.34. The summed E-state index contributed by atoms with van der Waals surface area (Å²) in [6.07, 6.45) is 1.08. The minimum atomic E-state index is -0.321. The standard InChI is InChI=1S/C18H25N5O2S/c1-12(2)23-10-14(24)9-15(23)17-20-19-16-3-5-21(6-7-22(16)17)18(25)13-4-8-26-11-13/h4,8,11-12,14-15,24H,3,5-7,9-10H2,1-2H3/t14-,15+/m1/s1. The number of aliphatic hydroxyl groups is 1. The fraction of sp³-hybridized carbons (Fsp3) is 0.611. The Morgan fingerprint density at radius 1 is 1.31 bits per heavy atom. The van der Waals surface area contributed by atoms with Gasteiger partial charge in [-0.15, -0.1) is 10.2 Å². The van der Waals surface area contributed by atoms with Gasteiger partial charge in [-0.2, -0.15) is 11.3 Å². The average Bonchev–Trinajstić information content (AvgIpc) is 3.32. The van der Waals surface area contributed by atoms with Crippen molar-refractivity contribution in [3.05, 3.63) is 34.0 Å². The second-order valence-corrected chi connectivity index (χ2v) is 8.16. The third-order valence-corrected chi connectivity index (χ3v) is 6.07. The van der Waals surface area contributed by atoms with E-state index >= 15 is 0 Å². The molecule has 2 aliphatic rings. The van der Waals surface area contributed by atoms with Gasteiger partial charge in [0.1, 0.15) is 5.82 Å². The molecule has 0 radical (unpaired) electrons. The first-order valence-electron chi connectivity index (χ1n) is 9.22. The quantitative estimate of drug-likeness (QED) is 0.881. The van der Waals surface area contributed by atoms with E-state index in [1.165, 1.54) is 0 Å². The molecule has 0 aromatic carbocycles. The predicted molar refractivity (Wildman–Crippen MR) is 99.2 cm³/mol.